The van der Waals surface area contributed by atoms with Gasteiger partial charge in [0, 0.05) is 31.7 Å². The molecule has 8 nitrogen and oxygen atoms in total. The molecule has 3 rings (SSSR count). The van der Waals surface area contributed by atoms with Crippen molar-refractivity contribution in [2.75, 3.05) is 13.7 Å². The number of rotatable bonds is 6. The Hall–Kier alpha value is -2.58. The number of aromatic hydroxyl groups is 1. The van der Waals surface area contributed by atoms with Gasteiger partial charge in [0.1, 0.15) is 5.56 Å². The van der Waals surface area contributed by atoms with Gasteiger partial charge in [0.2, 0.25) is 5.88 Å². The minimum Gasteiger partial charge on any atom is -0.494 e. The van der Waals surface area contributed by atoms with Crippen LogP contribution in [0.2, 0.25) is 5.02 Å². The van der Waals surface area contributed by atoms with E-state index in [1.165, 1.54) is 0 Å². The van der Waals surface area contributed by atoms with Crippen molar-refractivity contribution < 1.29 is 9.84 Å². The zero-order chi connectivity index (χ0) is 18.7. The van der Waals surface area contributed by atoms with Gasteiger partial charge in [0.15, 0.2) is 0 Å². The van der Waals surface area contributed by atoms with Crippen molar-refractivity contribution in [2.45, 2.75) is 25.4 Å². The fourth-order valence-electron chi connectivity index (χ4n) is 2.88. The number of ether oxygens (including phenoxy) is 1. The Balaban J connectivity index is 1.87. The number of nitrogens with one attached hydrogen (secondary N) is 2. The quantitative estimate of drug-likeness (QED) is 0.658. The molecule has 2 heterocycles. The molecule has 2 aromatic rings. The van der Waals surface area contributed by atoms with E-state index in [1.54, 1.807) is 19.2 Å². The maximum absolute atomic E-state index is 12.2. The third-order valence-electron chi connectivity index (χ3n) is 4.22. The van der Waals surface area contributed by atoms with Crippen LogP contribution in [0.3, 0.4) is 0 Å². The first kappa shape index (κ1) is 18.2. The van der Waals surface area contributed by atoms with E-state index < -0.39 is 11.2 Å². The van der Waals surface area contributed by atoms with Gasteiger partial charge >= 0.3 is 5.69 Å². The molecule has 3 N–H and O–H groups in total. The van der Waals surface area contributed by atoms with E-state index in [2.05, 4.69) is 15.5 Å². The lowest BCUT2D eigenvalue weighted by atomic mass is 10.00. The number of nitrogens with zero attached hydrogens (tertiary/aromatic N) is 2. The molecule has 1 aromatic heterocycles. The van der Waals surface area contributed by atoms with Crippen molar-refractivity contribution in [1.82, 2.24) is 15.0 Å². The second-order valence-electron chi connectivity index (χ2n) is 5.95. The van der Waals surface area contributed by atoms with Crippen LogP contribution in [0, 0.1) is 0 Å². The van der Waals surface area contributed by atoms with Crippen LogP contribution in [0.4, 0.5) is 0 Å². The molecule has 26 heavy (non-hydrogen) atoms. The summed E-state index contributed by atoms with van der Waals surface area (Å²) in [7, 11) is 1.55. The molecule has 0 amide bonds. The molecule has 1 atom stereocenters. The summed E-state index contributed by atoms with van der Waals surface area (Å²) in [6.07, 6.45) is 0.919. The highest BCUT2D eigenvalue weighted by atomic mass is 35.5. The third-order valence-corrected chi connectivity index (χ3v) is 4.47. The Kier molecular flexibility index (Phi) is 5.43. The minimum atomic E-state index is -0.659. The van der Waals surface area contributed by atoms with Gasteiger partial charge in [-0.25, -0.2) is 4.79 Å². The summed E-state index contributed by atoms with van der Waals surface area (Å²) in [5.41, 5.74) is 2.99. The average Bonchev–Trinajstić information content (AvgIpc) is 3.08. The number of hydrazone groups is 1. The summed E-state index contributed by atoms with van der Waals surface area (Å²) in [5, 5.41) is 15.3. The first-order valence-electron chi connectivity index (χ1n) is 8.14. The predicted molar refractivity (Wildman–Crippen MR) is 98.0 cm³/mol. The van der Waals surface area contributed by atoms with E-state index in [0.29, 0.717) is 30.2 Å². The molecule has 1 aliphatic heterocycles. The van der Waals surface area contributed by atoms with Gasteiger partial charge < -0.3 is 15.3 Å². The Bertz CT molecular complexity index is 933. The van der Waals surface area contributed by atoms with Crippen molar-refractivity contribution in [2.24, 2.45) is 5.10 Å². The van der Waals surface area contributed by atoms with Crippen molar-refractivity contribution in [3.05, 3.63) is 61.3 Å². The van der Waals surface area contributed by atoms with Gasteiger partial charge in [-0.3, -0.25) is 14.3 Å². The number of aromatic nitrogens is 2. The van der Waals surface area contributed by atoms with Crippen LogP contribution in [0.25, 0.3) is 0 Å². The van der Waals surface area contributed by atoms with Crippen LogP contribution in [-0.2, 0) is 11.3 Å². The molecule has 0 saturated heterocycles. The smallest absolute Gasteiger partial charge is 0.331 e. The van der Waals surface area contributed by atoms with Gasteiger partial charge in [-0.1, -0.05) is 23.7 Å². The van der Waals surface area contributed by atoms with E-state index in [0.717, 1.165) is 10.1 Å². The van der Waals surface area contributed by atoms with Gasteiger partial charge in [-0.15, -0.1) is 0 Å². The van der Waals surface area contributed by atoms with Gasteiger partial charge in [0.25, 0.3) is 5.56 Å². The van der Waals surface area contributed by atoms with Crippen LogP contribution in [0.5, 0.6) is 5.88 Å². The highest BCUT2D eigenvalue weighted by Gasteiger charge is 2.27. The molecule has 0 aliphatic carbocycles. The molecule has 1 aliphatic rings. The fraction of sp³-hybridized carbons (Fsp3) is 0.353. The number of methoxy groups -OCH3 is 1. The van der Waals surface area contributed by atoms with Gasteiger partial charge in [0.05, 0.1) is 11.8 Å². The number of halogens is 1. The molecule has 9 heteroatoms. The zero-order valence-electron chi connectivity index (χ0n) is 14.2. The predicted octanol–water partition coefficient (Wildman–Crippen LogP) is 1.37. The van der Waals surface area contributed by atoms with E-state index in [-0.39, 0.29) is 24.0 Å². The molecule has 0 unspecified atom stereocenters. The molecule has 0 saturated carbocycles. The molecular weight excluding hydrogens is 360 g/mol. The Morgan fingerprint density at radius 3 is 2.77 bits per heavy atom. The summed E-state index contributed by atoms with van der Waals surface area (Å²) in [6, 6.07) is 7.14. The normalized spacial score (nSPS) is 16.4. The first-order valence-corrected chi connectivity index (χ1v) is 8.52. The highest BCUT2D eigenvalue weighted by Crippen LogP contribution is 2.26. The summed E-state index contributed by atoms with van der Waals surface area (Å²) >= 11 is 5.90. The lowest BCUT2D eigenvalue weighted by Gasteiger charge is -2.12. The van der Waals surface area contributed by atoms with Crippen molar-refractivity contribution in [3.63, 3.8) is 0 Å². The summed E-state index contributed by atoms with van der Waals surface area (Å²) < 4.78 is 6.08. The molecule has 138 valence electrons. The fourth-order valence-corrected chi connectivity index (χ4v) is 3.01. The Morgan fingerprint density at radius 1 is 1.35 bits per heavy atom. The number of hydrogen-bond donors (Lipinski definition) is 3. The molecule has 1 aromatic carbocycles. The van der Waals surface area contributed by atoms with Crippen LogP contribution >= 0.6 is 11.6 Å². The second-order valence-corrected chi connectivity index (χ2v) is 6.39. The Labute approximate surface area is 154 Å². The van der Waals surface area contributed by atoms with E-state index in [1.807, 2.05) is 12.1 Å². The molecule has 0 fully saturated rings. The SMILES string of the molecule is COCCCn1c(O)c(C2=NN[C@H](c3ccc(Cl)cc3)C2)c(=O)[nH]c1=O. The average molecular weight is 379 g/mol. The maximum Gasteiger partial charge on any atom is 0.331 e. The van der Waals surface area contributed by atoms with Crippen LogP contribution < -0.4 is 16.7 Å². The number of benzene rings is 1. The molecule has 0 bridgehead atoms. The van der Waals surface area contributed by atoms with Crippen LogP contribution in [0.15, 0.2) is 39.0 Å². The van der Waals surface area contributed by atoms with Crippen LogP contribution in [-0.4, -0.2) is 34.1 Å². The monoisotopic (exact) mass is 378 g/mol. The minimum absolute atomic E-state index is 0.00554. The molecular formula is C17H19ClN4O4. The summed E-state index contributed by atoms with van der Waals surface area (Å²) in [4.78, 5) is 26.5. The second kappa shape index (κ2) is 7.76. The van der Waals surface area contributed by atoms with E-state index >= 15 is 0 Å². The lowest BCUT2D eigenvalue weighted by Crippen LogP contribution is -2.34. The van der Waals surface area contributed by atoms with Crippen molar-refractivity contribution in [1.29, 1.82) is 0 Å². The van der Waals surface area contributed by atoms with Gasteiger partial charge in [-0.05, 0) is 24.1 Å². The maximum atomic E-state index is 12.2. The number of aromatic amines is 1. The van der Waals surface area contributed by atoms with Crippen molar-refractivity contribution >= 4 is 17.3 Å². The summed E-state index contributed by atoms with van der Waals surface area (Å²) in [5.74, 6) is -0.382. The molecule has 0 spiro atoms. The van der Waals surface area contributed by atoms with Crippen molar-refractivity contribution in [3.8, 4) is 5.88 Å². The summed E-state index contributed by atoms with van der Waals surface area (Å²) in [6.45, 7) is 0.658. The molecule has 0 radical (unpaired) electrons. The topological polar surface area (TPSA) is 109 Å². The van der Waals surface area contributed by atoms with Gasteiger partial charge in [-0.2, -0.15) is 5.10 Å². The van der Waals surface area contributed by atoms with E-state index in [9.17, 15) is 14.7 Å². The third kappa shape index (κ3) is 3.66. The number of hydrogen-bond acceptors (Lipinski definition) is 6. The Morgan fingerprint density at radius 2 is 2.08 bits per heavy atom. The highest BCUT2D eigenvalue weighted by molar-refractivity contribution is 6.30. The van der Waals surface area contributed by atoms with E-state index in [4.69, 9.17) is 16.3 Å². The first-order chi connectivity index (χ1) is 12.5. The zero-order valence-corrected chi connectivity index (χ0v) is 14.9. The van der Waals surface area contributed by atoms with Crippen LogP contribution in [0.1, 0.15) is 30.0 Å². The standard InChI is InChI=1S/C17H19ClN4O4/c1-26-8-2-7-22-16(24)14(15(23)19-17(22)25)13-9-12(20-21-13)10-3-5-11(18)6-4-10/h3-6,12,20,24H,2,7-9H2,1H3,(H,19,23,25)/t12-/m0/s1. The largest absolute Gasteiger partial charge is 0.494 e. The lowest BCUT2D eigenvalue weighted by molar-refractivity contribution is 0.188. The number of H-pyrrole nitrogens is 1.